The number of hydrogen-bond donors (Lipinski definition) is 0. The zero-order chi connectivity index (χ0) is 49.0. The van der Waals surface area contributed by atoms with Crippen molar-refractivity contribution < 1.29 is 8.83 Å². The molecule has 0 spiro atoms. The number of para-hydroxylation sites is 4. The summed E-state index contributed by atoms with van der Waals surface area (Å²) in [5.41, 5.74) is 13.7. The van der Waals surface area contributed by atoms with Crippen molar-refractivity contribution in [3.8, 4) is 62.7 Å². The van der Waals surface area contributed by atoms with E-state index in [1.165, 1.54) is 0 Å². The van der Waals surface area contributed by atoms with Crippen LogP contribution < -0.4 is 0 Å². The van der Waals surface area contributed by atoms with Gasteiger partial charge in [-0.3, -0.25) is 0 Å². The maximum Gasteiger partial charge on any atom is 0.187 e. The maximum atomic E-state index is 10.6. The Kier molecular flexibility index (Phi) is 8.88. The fraction of sp³-hybridized carbons (Fsp3) is 0. The standard InChI is InChI=1S/C65H35N7O2/c1-67-42-17-13-16-40(35-42)41-27-28-49(56(36-41)72-52-23-10-6-21-48(52)60-55(72)33-30-46-44-19-8-12-25-58(44)74-62(46)60)64-68-63(39-14-3-2-4-15-39)69-65(70-64)50-34-38(37-66)26-31-53(50)71-51-22-9-5-20-47(51)59-54(71)32-29-45-43-18-7-11-24-57(43)73-61(45)59/h2-36H. The van der Waals surface area contributed by atoms with Gasteiger partial charge in [0.15, 0.2) is 23.2 Å². The molecule has 0 saturated carbocycles. The second-order valence-corrected chi connectivity index (χ2v) is 18.5. The molecular weight excluding hydrogens is 911 g/mol. The van der Waals surface area contributed by atoms with Crippen LogP contribution in [0.2, 0.25) is 0 Å². The Labute approximate surface area is 421 Å². The van der Waals surface area contributed by atoms with Crippen LogP contribution in [0, 0.1) is 17.9 Å². The summed E-state index contributed by atoms with van der Waals surface area (Å²) in [5, 5.41) is 18.8. The average Bonchev–Trinajstić information content (AvgIpc) is 4.23. The minimum Gasteiger partial charge on any atom is -0.455 e. The van der Waals surface area contributed by atoms with E-state index >= 15 is 0 Å². The Hall–Kier alpha value is -10.6. The van der Waals surface area contributed by atoms with E-state index in [0.29, 0.717) is 34.3 Å². The highest BCUT2D eigenvalue weighted by atomic mass is 16.3. The van der Waals surface area contributed by atoms with E-state index in [1.54, 1.807) is 0 Å². The molecule has 0 N–H and O–H groups in total. The van der Waals surface area contributed by atoms with Crippen LogP contribution >= 0.6 is 0 Å². The Morgan fingerprint density at radius 3 is 1.58 bits per heavy atom. The van der Waals surface area contributed by atoms with Gasteiger partial charge in [0.1, 0.15) is 22.3 Å². The van der Waals surface area contributed by atoms with Crippen LogP contribution in [-0.4, -0.2) is 24.1 Å². The first-order chi connectivity index (χ1) is 36.6. The molecular formula is C65H35N7O2. The normalized spacial score (nSPS) is 11.8. The topological polar surface area (TPSA) is 103 Å². The van der Waals surface area contributed by atoms with Crippen molar-refractivity contribution in [3.05, 3.63) is 229 Å². The van der Waals surface area contributed by atoms with Gasteiger partial charge in [0.05, 0.1) is 62.4 Å². The zero-order valence-corrected chi connectivity index (χ0v) is 39.2. The van der Waals surface area contributed by atoms with Gasteiger partial charge in [0.2, 0.25) is 0 Å². The average molecular weight is 946 g/mol. The van der Waals surface area contributed by atoms with Crippen molar-refractivity contribution in [2.45, 2.75) is 0 Å². The molecule has 9 nitrogen and oxygen atoms in total. The second kappa shape index (κ2) is 16.0. The monoisotopic (exact) mass is 945 g/mol. The number of hydrogen-bond acceptors (Lipinski definition) is 6. The molecule has 0 aliphatic rings. The minimum atomic E-state index is 0.391. The Balaban J connectivity index is 1.03. The molecule has 342 valence electrons. The summed E-state index contributed by atoms with van der Waals surface area (Å²) in [6.45, 7) is 7.86. The predicted molar refractivity (Wildman–Crippen MR) is 296 cm³/mol. The third-order valence-electron chi connectivity index (χ3n) is 14.4. The number of rotatable bonds is 6. The van der Waals surface area contributed by atoms with E-state index in [-0.39, 0.29) is 0 Å². The summed E-state index contributed by atoms with van der Waals surface area (Å²) in [6, 6.07) is 73.7. The molecule has 15 aromatic rings. The summed E-state index contributed by atoms with van der Waals surface area (Å²) in [4.78, 5) is 19.9. The number of fused-ring (bicyclic) bond motifs is 14. The van der Waals surface area contributed by atoms with E-state index in [9.17, 15) is 5.26 Å². The molecule has 0 unspecified atom stereocenters. The molecule has 0 fully saturated rings. The van der Waals surface area contributed by atoms with Gasteiger partial charge in [0, 0.05) is 49.0 Å². The fourth-order valence-corrected chi connectivity index (χ4v) is 11.1. The third kappa shape index (κ3) is 6.11. The van der Waals surface area contributed by atoms with E-state index in [4.69, 9.17) is 30.4 Å². The smallest absolute Gasteiger partial charge is 0.187 e. The second-order valence-electron chi connectivity index (χ2n) is 18.5. The number of aromatic nitrogens is 5. The summed E-state index contributed by atoms with van der Waals surface area (Å²) in [7, 11) is 0. The van der Waals surface area contributed by atoms with Gasteiger partial charge >= 0.3 is 0 Å². The molecule has 0 amide bonds. The fourth-order valence-electron chi connectivity index (χ4n) is 11.1. The lowest BCUT2D eigenvalue weighted by Crippen LogP contribution is -2.06. The van der Waals surface area contributed by atoms with Crippen molar-refractivity contribution in [1.82, 2.24) is 24.1 Å². The van der Waals surface area contributed by atoms with Gasteiger partial charge in [-0.05, 0) is 96.1 Å². The molecule has 9 heteroatoms. The lowest BCUT2D eigenvalue weighted by atomic mass is 10.0. The van der Waals surface area contributed by atoms with Crippen molar-refractivity contribution >= 4 is 93.2 Å². The van der Waals surface area contributed by atoms with E-state index in [0.717, 1.165) is 121 Å². The Bertz CT molecular complexity index is 4950. The van der Waals surface area contributed by atoms with Gasteiger partial charge < -0.3 is 18.0 Å². The molecule has 0 aliphatic carbocycles. The lowest BCUT2D eigenvalue weighted by molar-refractivity contribution is 0.672. The van der Waals surface area contributed by atoms with Crippen LogP contribution in [0.4, 0.5) is 5.69 Å². The first kappa shape index (κ1) is 41.2. The molecule has 5 heterocycles. The van der Waals surface area contributed by atoms with Gasteiger partial charge in [-0.15, -0.1) is 0 Å². The number of furan rings is 2. The minimum absolute atomic E-state index is 0.391. The van der Waals surface area contributed by atoms with E-state index < -0.39 is 0 Å². The van der Waals surface area contributed by atoms with Gasteiger partial charge in [-0.2, -0.15) is 5.26 Å². The van der Waals surface area contributed by atoms with Gasteiger partial charge in [0.25, 0.3) is 0 Å². The molecule has 0 bridgehead atoms. The number of benzene rings is 10. The SMILES string of the molecule is [C-]#[N+]c1cccc(-c2ccc(-c3nc(-c4ccccc4)nc(-c4cc(C#N)ccc4-n4c5ccccc5c5c6oc7ccccc7c6ccc54)n3)c(-n3c4ccccc4c4c5oc6ccccc6c5ccc43)c2)c1. The molecule has 74 heavy (non-hydrogen) atoms. The summed E-state index contributed by atoms with van der Waals surface area (Å²) in [6.07, 6.45) is 0. The first-order valence-electron chi connectivity index (χ1n) is 24.3. The van der Waals surface area contributed by atoms with E-state index in [2.05, 4.69) is 117 Å². The first-order valence-corrected chi connectivity index (χ1v) is 24.3. The Morgan fingerprint density at radius 2 is 0.946 bits per heavy atom. The highest BCUT2D eigenvalue weighted by Crippen LogP contribution is 2.45. The van der Waals surface area contributed by atoms with Crippen LogP contribution in [0.25, 0.3) is 149 Å². The van der Waals surface area contributed by atoms with Crippen molar-refractivity contribution in [2.24, 2.45) is 0 Å². The largest absolute Gasteiger partial charge is 0.455 e. The van der Waals surface area contributed by atoms with Crippen LogP contribution in [0.15, 0.2) is 221 Å². The maximum absolute atomic E-state index is 10.6. The molecule has 15 rings (SSSR count). The molecule has 0 aliphatic heterocycles. The molecule has 10 aromatic carbocycles. The highest BCUT2D eigenvalue weighted by Gasteiger charge is 2.26. The van der Waals surface area contributed by atoms with Gasteiger partial charge in [-0.25, -0.2) is 19.8 Å². The highest BCUT2D eigenvalue weighted by molar-refractivity contribution is 6.25. The van der Waals surface area contributed by atoms with Gasteiger partial charge in [-0.1, -0.05) is 127 Å². The summed E-state index contributed by atoms with van der Waals surface area (Å²) >= 11 is 0. The lowest BCUT2D eigenvalue weighted by Gasteiger charge is -2.18. The Morgan fingerprint density at radius 1 is 0.405 bits per heavy atom. The predicted octanol–water partition coefficient (Wildman–Crippen LogP) is 17.0. The number of nitriles is 1. The van der Waals surface area contributed by atoms with Crippen LogP contribution in [0.5, 0.6) is 0 Å². The van der Waals surface area contributed by atoms with Crippen LogP contribution in [-0.2, 0) is 0 Å². The van der Waals surface area contributed by atoms with Crippen molar-refractivity contribution in [1.29, 1.82) is 5.26 Å². The molecule has 0 saturated heterocycles. The molecule has 0 atom stereocenters. The molecule has 5 aromatic heterocycles. The van der Waals surface area contributed by atoms with Crippen molar-refractivity contribution in [3.63, 3.8) is 0 Å². The van der Waals surface area contributed by atoms with Crippen molar-refractivity contribution in [2.75, 3.05) is 0 Å². The molecule has 0 radical (unpaired) electrons. The summed E-state index contributed by atoms with van der Waals surface area (Å²) in [5.74, 6) is 1.29. The van der Waals surface area contributed by atoms with E-state index in [1.807, 2.05) is 115 Å². The number of nitrogens with zero attached hydrogens (tertiary/aromatic N) is 7. The van der Waals surface area contributed by atoms with Crippen LogP contribution in [0.1, 0.15) is 5.56 Å². The summed E-state index contributed by atoms with van der Waals surface area (Å²) < 4.78 is 17.9. The van der Waals surface area contributed by atoms with Crippen LogP contribution in [0.3, 0.4) is 0 Å². The third-order valence-corrected chi connectivity index (χ3v) is 14.4. The quantitative estimate of drug-likeness (QED) is 0.154. The zero-order valence-electron chi connectivity index (χ0n) is 39.2.